The van der Waals surface area contributed by atoms with Crippen LogP contribution in [0.2, 0.25) is 0 Å². The summed E-state index contributed by atoms with van der Waals surface area (Å²) in [4.78, 5) is 13.3. The van der Waals surface area contributed by atoms with Gasteiger partial charge >= 0.3 is 6.03 Å². The van der Waals surface area contributed by atoms with E-state index < -0.39 is 0 Å². The van der Waals surface area contributed by atoms with Crippen molar-refractivity contribution in [3.05, 3.63) is 0 Å². The molecule has 0 saturated carbocycles. The first-order valence-corrected chi connectivity index (χ1v) is 6.22. The maximum atomic E-state index is 11.5. The summed E-state index contributed by atoms with van der Waals surface area (Å²) in [6.07, 6.45) is 1.07. The highest BCUT2D eigenvalue weighted by Crippen LogP contribution is 1.98. The molecule has 0 aliphatic carbocycles. The number of carbonyl (C=O) groups excluding carboxylic acids is 1. The summed E-state index contributed by atoms with van der Waals surface area (Å²) in [5, 5.41) is 2.83. The number of rotatable bonds is 8. The SMILES string of the molecule is CCN(CC)C(=O)NCCOCCC(C)C. The lowest BCUT2D eigenvalue weighted by Gasteiger charge is -2.19. The molecular formula is C12H26N2O2. The lowest BCUT2D eigenvalue weighted by atomic mass is 10.1. The summed E-state index contributed by atoms with van der Waals surface area (Å²) in [6.45, 7) is 11.8. The van der Waals surface area contributed by atoms with Gasteiger partial charge in [-0.3, -0.25) is 0 Å². The number of nitrogens with zero attached hydrogens (tertiary/aromatic N) is 1. The number of carbonyl (C=O) groups is 1. The van der Waals surface area contributed by atoms with Crippen molar-refractivity contribution < 1.29 is 9.53 Å². The van der Waals surface area contributed by atoms with Crippen molar-refractivity contribution >= 4 is 6.03 Å². The molecule has 0 atom stereocenters. The van der Waals surface area contributed by atoms with Crippen LogP contribution in [-0.4, -0.2) is 43.8 Å². The van der Waals surface area contributed by atoms with Gasteiger partial charge < -0.3 is 15.0 Å². The number of ether oxygens (including phenoxy) is 1. The highest BCUT2D eigenvalue weighted by molar-refractivity contribution is 5.73. The molecular weight excluding hydrogens is 204 g/mol. The third-order valence-corrected chi connectivity index (χ3v) is 2.41. The molecule has 0 aromatic carbocycles. The molecule has 0 aliphatic rings. The van der Waals surface area contributed by atoms with E-state index >= 15 is 0 Å². The summed E-state index contributed by atoms with van der Waals surface area (Å²) in [7, 11) is 0. The number of nitrogens with one attached hydrogen (secondary N) is 1. The molecule has 4 nitrogen and oxygen atoms in total. The van der Waals surface area contributed by atoms with Crippen molar-refractivity contribution in [2.24, 2.45) is 5.92 Å². The van der Waals surface area contributed by atoms with Crippen molar-refractivity contribution in [3.63, 3.8) is 0 Å². The second kappa shape index (κ2) is 9.46. The van der Waals surface area contributed by atoms with Crippen LogP contribution in [0.15, 0.2) is 0 Å². The van der Waals surface area contributed by atoms with Crippen LogP contribution in [-0.2, 0) is 4.74 Å². The van der Waals surface area contributed by atoms with Gasteiger partial charge in [0.05, 0.1) is 6.61 Å². The molecule has 0 unspecified atom stereocenters. The van der Waals surface area contributed by atoms with E-state index in [9.17, 15) is 4.79 Å². The van der Waals surface area contributed by atoms with E-state index in [4.69, 9.17) is 4.74 Å². The predicted molar refractivity (Wildman–Crippen MR) is 66.6 cm³/mol. The fraction of sp³-hybridized carbons (Fsp3) is 0.917. The Kier molecular flexibility index (Phi) is 9.00. The van der Waals surface area contributed by atoms with E-state index in [0.717, 1.165) is 26.1 Å². The molecule has 0 bridgehead atoms. The summed E-state index contributed by atoms with van der Waals surface area (Å²) in [5.74, 6) is 0.672. The largest absolute Gasteiger partial charge is 0.380 e. The van der Waals surface area contributed by atoms with Gasteiger partial charge in [0.25, 0.3) is 0 Å². The molecule has 0 aromatic heterocycles. The second-order valence-electron chi connectivity index (χ2n) is 4.20. The third-order valence-electron chi connectivity index (χ3n) is 2.41. The predicted octanol–water partition coefficient (Wildman–Crippen LogP) is 2.10. The number of hydrogen-bond acceptors (Lipinski definition) is 2. The Labute approximate surface area is 99.3 Å². The van der Waals surface area contributed by atoms with Crippen LogP contribution in [0.4, 0.5) is 4.79 Å². The van der Waals surface area contributed by atoms with Crippen molar-refractivity contribution in [2.45, 2.75) is 34.1 Å². The Bertz CT molecular complexity index is 180. The Hall–Kier alpha value is -0.770. The van der Waals surface area contributed by atoms with Crippen molar-refractivity contribution in [2.75, 3.05) is 32.8 Å². The minimum absolute atomic E-state index is 0.00235. The highest BCUT2D eigenvalue weighted by atomic mass is 16.5. The van der Waals surface area contributed by atoms with E-state index in [1.165, 1.54) is 0 Å². The van der Waals surface area contributed by atoms with Crippen LogP contribution < -0.4 is 5.32 Å². The van der Waals surface area contributed by atoms with Gasteiger partial charge in [-0.2, -0.15) is 0 Å². The van der Waals surface area contributed by atoms with Gasteiger partial charge in [0.2, 0.25) is 0 Å². The minimum atomic E-state index is -0.00235. The first-order chi connectivity index (χ1) is 7.61. The van der Waals surface area contributed by atoms with Crippen LogP contribution in [0.1, 0.15) is 34.1 Å². The van der Waals surface area contributed by atoms with Gasteiger partial charge in [-0.25, -0.2) is 4.79 Å². The Morgan fingerprint density at radius 3 is 2.38 bits per heavy atom. The van der Waals surface area contributed by atoms with Gasteiger partial charge in [0.15, 0.2) is 0 Å². The molecule has 0 radical (unpaired) electrons. The van der Waals surface area contributed by atoms with Crippen LogP contribution in [0.3, 0.4) is 0 Å². The maximum Gasteiger partial charge on any atom is 0.317 e. The molecule has 0 fully saturated rings. The van der Waals surface area contributed by atoms with Crippen LogP contribution in [0.25, 0.3) is 0 Å². The first kappa shape index (κ1) is 15.2. The lowest BCUT2D eigenvalue weighted by molar-refractivity contribution is 0.124. The van der Waals surface area contributed by atoms with Crippen LogP contribution >= 0.6 is 0 Å². The van der Waals surface area contributed by atoms with Crippen molar-refractivity contribution in [1.29, 1.82) is 0 Å². The van der Waals surface area contributed by atoms with E-state index in [1.807, 2.05) is 13.8 Å². The number of urea groups is 1. The molecule has 16 heavy (non-hydrogen) atoms. The van der Waals surface area contributed by atoms with Crippen molar-refractivity contribution in [1.82, 2.24) is 10.2 Å². The zero-order valence-corrected chi connectivity index (χ0v) is 11.1. The summed E-state index contributed by atoms with van der Waals surface area (Å²) in [5.41, 5.74) is 0. The number of amides is 2. The minimum Gasteiger partial charge on any atom is -0.380 e. The highest BCUT2D eigenvalue weighted by Gasteiger charge is 2.07. The zero-order chi connectivity index (χ0) is 12.4. The van der Waals surface area contributed by atoms with E-state index in [2.05, 4.69) is 19.2 Å². The van der Waals surface area contributed by atoms with E-state index in [1.54, 1.807) is 4.90 Å². The average molecular weight is 230 g/mol. The molecule has 0 aliphatic heterocycles. The number of hydrogen-bond donors (Lipinski definition) is 1. The molecule has 0 rings (SSSR count). The molecule has 96 valence electrons. The molecule has 4 heteroatoms. The normalized spacial score (nSPS) is 10.6. The molecule has 2 amide bonds. The zero-order valence-electron chi connectivity index (χ0n) is 11.1. The van der Waals surface area contributed by atoms with Gasteiger partial charge in [-0.15, -0.1) is 0 Å². The smallest absolute Gasteiger partial charge is 0.317 e. The van der Waals surface area contributed by atoms with E-state index in [0.29, 0.717) is 19.1 Å². The fourth-order valence-corrected chi connectivity index (χ4v) is 1.27. The average Bonchev–Trinajstić information content (AvgIpc) is 2.24. The second-order valence-corrected chi connectivity index (χ2v) is 4.20. The maximum absolute atomic E-state index is 11.5. The van der Waals surface area contributed by atoms with Crippen LogP contribution in [0.5, 0.6) is 0 Å². The standard InChI is InChI=1S/C12H26N2O2/c1-5-14(6-2)12(15)13-8-10-16-9-7-11(3)4/h11H,5-10H2,1-4H3,(H,13,15). The molecule has 0 saturated heterocycles. The Balaban J connectivity index is 3.40. The quantitative estimate of drug-likeness (QED) is 0.649. The third kappa shape index (κ3) is 7.51. The molecule has 0 spiro atoms. The summed E-state index contributed by atoms with van der Waals surface area (Å²) < 4.78 is 5.41. The van der Waals surface area contributed by atoms with Gasteiger partial charge in [-0.1, -0.05) is 13.8 Å². The fourth-order valence-electron chi connectivity index (χ4n) is 1.27. The lowest BCUT2D eigenvalue weighted by Crippen LogP contribution is -2.40. The van der Waals surface area contributed by atoms with Gasteiger partial charge in [0.1, 0.15) is 0 Å². The monoisotopic (exact) mass is 230 g/mol. The first-order valence-electron chi connectivity index (χ1n) is 6.22. The molecule has 0 heterocycles. The Morgan fingerprint density at radius 2 is 1.88 bits per heavy atom. The van der Waals surface area contributed by atoms with Gasteiger partial charge in [0, 0.05) is 26.2 Å². The topological polar surface area (TPSA) is 41.6 Å². The van der Waals surface area contributed by atoms with Crippen molar-refractivity contribution in [3.8, 4) is 0 Å². The Morgan fingerprint density at radius 1 is 1.25 bits per heavy atom. The summed E-state index contributed by atoms with van der Waals surface area (Å²) in [6, 6.07) is -0.00235. The van der Waals surface area contributed by atoms with Crippen LogP contribution in [0, 0.1) is 5.92 Å². The molecule has 0 aromatic rings. The molecule has 1 N–H and O–H groups in total. The van der Waals surface area contributed by atoms with E-state index in [-0.39, 0.29) is 6.03 Å². The summed E-state index contributed by atoms with van der Waals surface area (Å²) >= 11 is 0. The van der Waals surface area contributed by atoms with Gasteiger partial charge in [-0.05, 0) is 26.2 Å².